The van der Waals surface area contributed by atoms with Crippen molar-refractivity contribution < 1.29 is 14.0 Å². The number of unbranched alkanes of at least 4 members (excludes halogenated alkanes) is 3. The van der Waals surface area contributed by atoms with Crippen molar-refractivity contribution in [1.29, 1.82) is 0 Å². The Balaban J connectivity index is 2.08. The molecule has 1 heterocycles. The van der Waals surface area contributed by atoms with Crippen LogP contribution in [0.3, 0.4) is 0 Å². The molecule has 1 fully saturated rings. The van der Waals surface area contributed by atoms with E-state index in [-0.39, 0.29) is 28.9 Å². The first-order chi connectivity index (χ1) is 12.5. The lowest BCUT2D eigenvalue weighted by molar-refractivity contribution is -0.124. The summed E-state index contributed by atoms with van der Waals surface area (Å²) in [7, 11) is 0. The third kappa shape index (κ3) is 5.22. The number of hydrogen-bond donors (Lipinski definition) is 1. The molecule has 1 N–H and O–H groups in total. The molecule has 0 aliphatic carbocycles. The Kier molecular flexibility index (Phi) is 7.94. The Morgan fingerprint density at radius 3 is 2.54 bits per heavy atom. The summed E-state index contributed by atoms with van der Waals surface area (Å²) in [6.07, 6.45) is 4.38. The highest BCUT2D eigenvalue weighted by Gasteiger charge is 2.42. The third-order valence-corrected chi connectivity index (χ3v) is 6.18. The minimum absolute atomic E-state index is 0.0524. The fraction of sp³-hybridized carbons (Fsp3) is 0.600. The highest BCUT2D eigenvalue weighted by Crippen LogP contribution is 2.35. The van der Waals surface area contributed by atoms with Crippen LogP contribution in [-0.4, -0.2) is 40.4 Å². The molecule has 0 spiro atoms. The molecule has 2 atom stereocenters. The first-order valence-corrected chi connectivity index (χ1v) is 10.5. The van der Waals surface area contributed by atoms with Crippen molar-refractivity contribution in [3.63, 3.8) is 0 Å². The predicted octanol–water partition coefficient (Wildman–Crippen LogP) is 4.06. The van der Waals surface area contributed by atoms with E-state index in [9.17, 15) is 14.0 Å². The molecule has 26 heavy (non-hydrogen) atoms. The first-order valence-electron chi connectivity index (χ1n) is 9.43. The standard InChI is InChI=1S/C20H29FN2O2S/c1-4-5-6-7-12-22-18(24)17-13-26-20(14(2)3)23(17)19(25)15-8-10-16(21)11-9-15/h8-11,14,17,20H,4-7,12-13H2,1-3H3,(H,22,24)/t17-,20-/m0/s1. The maximum Gasteiger partial charge on any atom is 0.255 e. The lowest BCUT2D eigenvalue weighted by atomic mass is 10.1. The van der Waals surface area contributed by atoms with Crippen molar-refractivity contribution in [3.8, 4) is 0 Å². The monoisotopic (exact) mass is 380 g/mol. The Bertz CT molecular complexity index is 606. The maximum absolute atomic E-state index is 13.2. The fourth-order valence-electron chi connectivity index (χ4n) is 3.12. The van der Waals surface area contributed by atoms with Gasteiger partial charge in [-0.1, -0.05) is 40.0 Å². The number of hydrogen-bond acceptors (Lipinski definition) is 3. The van der Waals surface area contributed by atoms with Crippen molar-refractivity contribution >= 4 is 23.6 Å². The summed E-state index contributed by atoms with van der Waals surface area (Å²) >= 11 is 1.64. The second-order valence-electron chi connectivity index (χ2n) is 7.05. The van der Waals surface area contributed by atoms with Gasteiger partial charge in [-0.25, -0.2) is 4.39 Å². The minimum atomic E-state index is -0.476. The van der Waals surface area contributed by atoms with E-state index in [1.165, 1.54) is 30.7 Å². The van der Waals surface area contributed by atoms with Crippen molar-refractivity contribution in [2.45, 2.75) is 57.9 Å². The van der Waals surface area contributed by atoms with E-state index >= 15 is 0 Å². The van der Waals surface area contributed by atoms with Crippen molar-refractivity contribution in [2.24, 2.45) is 5.92 Å². The summed E-state index contributed by atoms with van der Waals surface area (Å²) in [4.78, 5) is 27.4. The summed E-state index contributed by atoms with van der Waals surface area (Å²) < 4.78 is 13.2. The van der Waals surface area contributed by atoms with Crippen molar-refractivity contribution in [2.75, 3.05) is 12.3 Å². The number of carbonyl (C=O) groups is 2. The van der Waals surface area contributed by atoms with Crippen molar-refractivity contribution in [1.82, 2.24) is 10.2 Å². The van der Waals surface area contributed by atoms with Crippen LogP contribution in [0.4, 0.5) is 4.39 Å². The van der Waals surface area contributed by atoms with Gasteiger partial charge in [-0.15, -0.1) is 11.8 Å². The van der Waals surface area contributed by atoms with Gasteiger partial charge in [0.2, 0.25) is 5.91 Å². The maximum atomic E-state index is 13.2. The third-order valence-electron chi connectivity index (χ3n) is 4.56. The summed E-state index contributed by atoms with van der Waals surface area (Å²) in [5, 5.41) is 2.93. The van der Waals surface area contributed by atoms with Crippen LogP contribution in [0.15, 0.2) is 24.3 Å². The average molecular weight is 381 g/mol. The molecule has 4 nitrogen and oxygen atoms in total. The molecule has 2 rings (SSSR count). The number of nitrogens with zero attached hydrogens (tertiary/aromatic N) is 1. The second kappa shape index (κ2) is 9.95. The molecule has 1 aromatic carbocycles. The number of thioether (sulfide) groups is 1. The van der Waals surface area contributed by atoms with Gasteiger partial charge in [0, 0.05) is 17.9 Å². The molecular weight excluding hydrogens is 351 g/mol. The number of rotatable bonds is 8. The van der Waals surface area contributed by atoms with Gasteiger partial charge in [0.25, 0.3) is 5.91 Å². The van der Waals surface area contributed by atoms with E-state index in [2.05, 4.69) is 12.2 Å². The van der Waals surface area contributed by atoms with Gasteiger partial charge in [-0.2, -0.15) is 0 Å². The number of nitrogens with one attached hydrogen (secondary N) is 1. The molecule has 1 aromatic rings. The average Bonchev–Trinajstić information content (AvgIpc) is 3.07. The van der Waals surface area contributed by atoms with Crippen LogP contribution in [0.25, 0.3) is 0 Å². The second-order valence-corrected chi connectivity index (χ2v) is 8.20. The Morgan fingerprint density at radius 2 is 1.92 bits per heavy atom. The van der Waals surface area contributed by atoms with Crippen molar-refractivity contribution in [3.05, 3.63) is 35.6 Å². The Hall–Kier alpha value is -1.56. The highest BCUT2D eigenvalue weighted by atomic mass is 32.2. The molecule has 1 aliphatic rings. The van der Waals surface area contributed by atoms with Crippen LogP contribution < -0.4 is 5.32 Å². The zero-order valence-electron chi connectivity index (χ0n) is 15.8. The largest absolute Gasteiger partial charge is 0.354 e. The molecule has 0 saturated carbocycles. The quantitative estimate of drug-likeness (QED) is 0.692. The molecule has 144 valence electrons. The zero-order chi connectivity index (χ0) is 19.1. The van der Waals surface area contributed by atoms with Crippen LogP contribution in [0.1, 0.15) is 56.8 Å². The molecular formula is C20H29FN2O2S. The molecule has 0 radical (unpaired) electrons. The Labute approximate surface area is 159 Å². The predicted molar refractivity (Wildman–Crippen MR) is 105 cm³/mol. The summed E-state index contributed by atoms with van der Waals surface area (Å²) in [6.45, 7) is 6.89. The smallest absolute Gasteiger partial charge is 0.255 e. The van der Waals surface area contributed by atoms with Crippen LogP contribution in [0.2, 0.25) is 0 Å². The molecule has 0 bridgehead atoms. The number of amides is 2. The molecule has 0 aromatic heterocycles. The van der Waals surface area contributed by atoms with Crippen LogP contribution in [-0.2, 0) is 4.79 Å². The van der Waals surface area contributed by atoms with Gasteiger partial charge in [0.15, 0.2) is 0 Å². The van der Waals surface area contributed by atoms with E-state index in [0.717, 1.165) is 19.3 Å². The topological polar surface area (TPSA) is 49.4 Å². The van der Waals surface area contributed by atoms with Gasteiger partial charge >= 0.3 is 0 Å². The Morgan fingerprint density at radius 1 is 1.23 bits per heavy atom. The van der Waals surface area contributed by atoms with Crippen LogP contribution in [0, 0.1) is 11.7 Å². The number of benzene rings is 1. The molecule has 0 unspecified atom stereocenters. The lowest BCUT2D eigenvalue weighted by Gasteiger charge is -2.31. The zero-order valence-corrected chi connectivity index (χ0v) is 16.7. The molecule has 1 saturated heterocycles. The van der Waals surface area contributed by atoms with Crippen LogP contribution in [0.5, 0.6) is 0 Å². The van der Waals surface area contributed by atoms with E-state index in [0.29, 0.717) is 17.9 Å². The molecule has 2 amide bonds. The summed E-state index contributed by atoms with van der Waals surface area (Å²) in [5.41, 5.74) is 0.417. The number of halogens is 1. The van der Waals surface area contributed by atoms with Gasteiger partial charge in [-0.3, -0.25) is 9.59 Å². The normalized spacial score (nSPS) is 19.8. The van der Waals surface area contributed by atoms with E-state index in [1.807, 2.05) is 13.8 Å². The van der Waals surface area contributed by atoms with Gasteiger partial charge in [0.05, 0.1) is 5.37 Å². The van der Waals surface area contributed by atoms with E-state index in [4.69, 9.17) is 0 Å². The van der Waals surface area contributed by atoms with Crippen LogP contribution >= 0.6 is 11.8 Å². The molecule has 6 heteroatoms. The SMILES string of the molecule is CCCCCCNC(=O)[C@@H]1CS[C@@H](C(C)C)N1C(=O)c1ccc(F)cc1. The van der Waals surface area contributed by atoms with Gasteiger partial charge in [-0.05, 0) is 36.6 Å². The summed E-state index contributed by atoms with van der Waals surface area (Å²) in [6, 6.07) is 5.05. The summed E-state index contributed by atoms with van der Waals surface area (Å²) in [5.74, 6) is 0.148. The lowest BCUT2D eigenvalue weighted by Crippen LogP contribution is -2.51. The first kappa shape index (κ1) is 20.7. The fourth-order valence-corrected chi connectivity index (χ4v) is 4.60. The van der Waals surface area contributed by atoms with E-state index in [1.54, 1.807) is 16.7 Å². The molecule has 1 aliphatic heterocycles. The highest BCUT2D eigenvalue weighted by molar-refractivity contribution is 8.00. The van der Waals surface area contributed by atoms with Gasteiger partial charge in [0.1, 0.15) is 11.9 Å². The number of carbonyl (C=O) groups excluding carboxylic acids is 2. The van der Waals surface area contributed by atoms with Gasteiger partial charge < -0.3 is 10.2 Å². The minimum Gasteiger partial charge on any atom is -0.354 e. The van der Waals surface area contributed by atoms with E-state index < -0.39 is 6.04 Å².